The molecule has 4 nitrogen and oxygen atoms in total. The second kappa shape index (κ2) is 6.87. The molecule has 1 aliphatic heterocycles. The summed E-state index contributed by atoms with van der Waals surface area (Å²) >= 11 is 0. The van der Waals surface area contributed by atoms with E-state index in [0.29, 0.717) is 6.04 Å². The SMILES string of the molecule is Cn1cc(CN(CCc2ccccc2)[C@H]2CCOC2)cn1. The predicted octanol–water partition coefficient (Wildman–Crippen LogP) is 2.25. The summed E-state index contributed by atoms with van der Waals surface area (Å²) in [6, 6.07) is 11.2. The van der Waals surface area contributed by atoms with Gasteiger partial charge in [-0.2, -0.15) is 5.10 Å². The van der Waals surface area contributed by atoms with Crippen LogP contribution in [0.2, 0.25) is 0 Å². The first-order chi connectivity index (χ1) is 10.3. The van der Waals surface area contributed by atoms with E-state index in [2.05, 4.69) is 46.5 Å². The van der Waals surface area contributed by atoms with Gasteiger partial charge in [0.25, 0.3) is 0 Å². The van der Waals surface area contributed by atoms with Gasteiger partial charge in [0, 0.05) is 44.5 Å². The third kappa shape index (κ3) is 3.93. The number of hydrogen-bond acceptors (Lipinski definition) is 3. The number of nitrogens with zero attached hydrogens (tertiary/aromatic N) is 3. The number of rotatable bonds is 6. The topological polar surface area (TPSA) is 30.3 Å². The highest BCUT2D eigenvalue weighted by Crippen LogP contribution is 2.16. The van der Waals surface area contributed by atoms with Crippen molar-refractivity contribution in [1.29, 1.82) is 0 Å². The Morgan fingerprint density at radius 1 is 1.29 bits per heavy atom. The van der Waals surface area contributed by atoms with Gasteiger partial charge in [0.15, 0.2) is 0 Å². The first kappa shape index (κ1) is 14.3. The Morgan fingerprint density at radius 2 is 2.14 bits per heavy atom. The highest BCUT2D eigenvalue weighted by atomic mass is 16.5. The lowest BCUT2D eigenvalue weighted by atomic mass is 10.1. The molecule has 0 aliphatic carbocycles. The monoisotopic (exact) mass is 285 g/mol. The zero-order chi connectivity index (χ0) is 14.5. The normalized spacial score (nSPS) is 18.5. The van der Waals surface area contributed by atoms with Crippen LogP contribution in [0.3, 0.4) is 0 Å². The number of benzene rings is 1. The van der Waals surface area contributed by atoms with Crippen LogP contribution in [0.25, 0.3) is 0 Å². The first-order valence-corrected chi connectivity index (χ1v) is 7.64. The Balaban J connectivity index is 1.64. The van der Waals surface area contributed by atoms with Gasteiger partial charge in [0.2, 0.25) is 0 Å². The molecule has 0 bridgehead atoms. The van der Waals surface area contributed by atoms with E-state index in [1.165, 1.54) is 11.1 Å². The van der Waals surface area contributed by atoms with Gasteiger partial charge in [-0.3, -0.25) is 9.58 Å². The standard InChI is InChI=1S/C17H23N3O/c1-19-12-16(11-18-19)13-20(17-8-10-21-14-17)9-7-15-5-3-2-4-6-15/h2-6,11-12,17H,7-10,13-14H2,1H3/t17-/m0/s1. The molecule has 1 atom stereocenters. The summed E-state index contributed by atoms with van der Waals surface area (Å²) in [4.78, 5) is 2.54. The summed E-state index contributed by atoms with van der Waals surface area (Å²) < 4.78 is 7.44. The van der Waals surface area contributed by atoms with Crippen molar-refractivity contribution in [1.82, 2.24) is 14.7 Å². The minimum atomic E-state index is 0.536. The van der Waals surface area contributed by atoms with Gasteiger partial charge in [0.1, 0.15) is 0 Å². The van der Waals surface area contributed by atoms with E-state index in [1.54, 1.807) is 0 Å². The minimum Gasteiger partial charge on any atom is -0.380 e. The van der Waals surface area contributed by atoms with E-state index in [0.717, 1.165) is 39.1 Å². The molecule has 0 unspecified atom stereocenters. The Hall–Kier alpha value is -1.65. The van der Waals surface area contributed by atoms with Crippen molar-refractivity contribution < 1.29 is 4.74 Å². The molecule has 112 valence electrons. The van der Waals surface area contributed by atoms with Gasteiger partial charge >= 0.3 is 0 Å². The van der Waals surface area contributed by atoms with Gasteiger partial charge in [-0.05, 0) is 18.4 Å². The summed E-state index contributed by atoms with van der Waals surface area (Å²) in [5.41, 5.74) is 2.67. The van der Waals surface area contributed by atoms with Crippen molar-refractivity contribution in [3.05, 3.63) is 53.9 Å². The van der Waals surface area contributed by atoms with Crippen LogP contribution in [0.15, 0.2) is 42.7 Å². The molecule has 0 N–H and O–H groups in total. The summed E-state index contributed by atoms with van der Waals surface area (Å²) in [6.45, 7) is 3.76. The molecule has 2 aromatic rings. The van der Waals surface area contributed by atoms with Crippen molar-refractivity contribution in [2.75, 3.05) is 19.8 Å². The fourth-order valence-corrected chi connectivity index (χ4v) is 2.91. The van der Waals surface area contributed by atoms with Crippen molar-refractivity contribution in [2.24, 2.45) is 7.05 Å². The van der Waals surface area contributed by atoms with Crippen LogP contribution >= 0.6 is 0 Å². The largest absolute Gasteiger partial charge is 0.380 e. The molecule has 0 saturated carbocycles. The number of aryl methyl sites for hydroxylation is 1. The quantitative estimate of drug-likeness (QED) is 0.815. The molecule has 21 heavy (non-hydrogen) atoms. The van der Waals surface area contributed by atoms with Gasteiger partial charge in [-0.15, -0.1) is 0 Å². The minimum absolute atomic E-state index is 0.536. The van der Waals surface area contributed by atoms with E-state index in [1.807, 2.05) is 17.9 Å². The van der Waals surface area contributed by atoms with Gasteiger partial charge in [0.05, 0.1) is 12.8 Å². The predicted molar refractivity (Wildman–Crippen MR) is 83.0 cm³/mol. The zero-order valence-corrected chi connectivity index (χ0v) is 12.6. The molecule has 0 spiro atoms. The molecule has 2 heterocycles. The first-order valence-electron chi connectivity index (χ1n) is 7.64. The Morgan fingerprint density at radius 3 is 2.81 bits per heavy atom. The van der Waals surface area contributed by atoms with Crippen LogP contribution in [-0.4, -0.2) is 40.5 Å². The molecule has 0 radical (unpaired) electrons. The molecule has 3 rings (SSSR count). The lowest BCUT2D eigenvalue weighted by molar-refractivity contribution is 0.140. The van der Waals surface area contributed by atoms with Gasteiger partial charge < -0.3 is 4.74 Å². The van der Waals surface area contributed by atoms with Crippen LogP contribution in [0, 0.1) is 0 Å². The maximum absolute atomic E-state index is 5.57. The molecule has 4 heteroatoms. The number of ether oxygens (including phenoxy) is 1. The molecular weight excluding hydrogens is 262 g/mol. The van der Waals surface area contributed by atoms with Crippen molar-refractivity contribution in [3.63, 3.8) is 0 Å². The zero-order valence-electron chi connectivity index (χ0n) is 12.6. The highest BCUT2D eigenvalue weighted by Gasteiger charge is 2.23. The highest BCUT2D eigenvalue weighted by molar-refractivity contribution is 5.15. The molecule has 1 saturated heterocycles. The second-order valence-corrected chi connectivity index (χ2v) is 5.75. The fourth-order valence-electron chi connectivity index (χ4n) is 2.91. The molecule has 1 aromatic carbocycles. The Bertz CT molecular complexity index is 546. The molecule has 1 aliphatic rings. The smallest absolute Gasteiger partial charge is 0.0622 e. The average Bonchev–Trinajstić information content (AvgIpc) is 3.16. The number of aromatic nitrogens is 2. The third-order valence-electron chi connectivity index (χ3n) is 4.10. The molecular formula is C17H23N3O. The van der Waals surface area contributed by atoms with E-state index in [4.69, 9.17) is 4.74 Å². The van der Waals surface area contributed by atoms with Gasteiger partial charge in [-0.25, -0.2) is 0 Å². The Kier molecular flexibility index (Phi) is 4.68. The van der Waals surface area contributed by atoms with Crippen LogP contribution in [0.4, 0.5) is 0 Å². The van der Waals surface area contributed by atoms with Crippen LogP contribution in [-0.2, 0) is 24.8 Å². The van der Waals surface area contributed by atoms with E-state index < -0.39 is 0 Å². The third-order valence-corrected chi connectivity index (χ3v) is 4.10. The maximum atomic E-state index is 5.57. The summed E-state index contributed by atoms with van der Waals surface area (Å²) in [7, 11) is 1.97. The Labute approximate surface area is 126 Å². The lowest BCUT2D eigenvalue weighted by Gasteiger charge is -2.27. The van der Waals surface area contributed by atoms with E-state index in [9.17, 15) is 0 Å². The molecule has 0 amide bonds. The average molecular weight is 285 g/mol. The fraction of sp³-hybridized carbons (Fsp3) is 0.471. The molecule has 1 fully saturated rings. The van der Waals surface area contributed by atoms with Crippen LogP contribution in [0.5, 0.6) is 0 Å². The van der Waals surface area contributed by atoms with E-state index >= 15 is 0 Å². The second-order valence-electron chi connectivity index (χ2n) is 5.75. The van der Waals surface area contributed by atoms with Crippen LogP contribution < -0.4 is 0 Å². The maximum Gasteiger partial charge on any atom is 0.0622 e. The van der Waals surface area contributed by atoms with Crippen LogP contribution in [0.1, 0.15) is 17.5 Å². The summed E-state index contributed by atoms with van der Waals surface area (Å²) in [5.74, 6) is 0. The summed E-state index contributed by atoms with van der Waals surface area (Å²) in [5, 5.41) is 4.27. The number of hydrogen-bond donors (Lipinski definition) is 0. The van der Waals surface area contributed by atoms with Crippen molar-refractivity contribution in [3.8, 4) is 0 Å². The van der Waals surface area contributed by atoms with Gasteiger partial charge in [-0.1, -0.05) is 30.3 Å². The lowest BCUT2D eigenvalue weighted by Crippen LogP contribution is -2.36. The van der Waals surface area contributed by atoms with Crippen molar-refractivity contribution in [2.45, 2.75) is 25.4 Å². The summed E-state index contributed by atoms with van der Waals surface area (Å²) in [6.07, 6.45) is 6.28. The van der Waals surface area contributed by atoms with Crippen molar-refractivity contribution >= 4 is 0 Å². The molecule has 1 aromatic heterocycles. The van der Waals surface area contributed by atoms with E-state index in [-0.39, 0.29) is 0 Å².